The van der Waals surface area contributed by atoms with Crippen molar-refractivity contribution in [3.63, 3.8) is 0 Å². The molecule has 1 unspecified atom stereocenters. The summed E-state index contributed by atoms with van der Waals surface area (Å²) in [6.07, 6.45) is 4.11. The summed E-state index contributed by atoms with van der Waals surface area (Å²) in [6, 6.07) is 0.863. The Morgan fingerprint density at radius 1 is 1.56 bits per heavy atom. The molecule has 100 valence electrons. The molecule has 1 heterocycles. The highest BCUT2D eigenvalue weighted by atomic mass is 32.2. The van der Waals surface area contributed by atoms with Crippen LogP contribution in [0.4, 0.5) is 0 Å². The second kappa shape index (κ2) is 6.49. The molecule has 1 amide bonds. The fourth-order valence-electron chi connectivity index (χ4n) is 1.58. The number of aryl methyl sites for hydroxylation is 1. The van der Waals surface area contributed by atoms with E-state index in [-0.39, 0.29) is 5.91 Å². The minimum Gasteiger partial charge on any atom is -0.480 e. The van der Waals surface area contributed by atoms with Crippen molar-refractivity contribution in [2.75, 3.05) is 12.0 Å². The average Bonchev–Trinajstić information content (AvgIpc) is 2.65. The van der Waals surface area contributed by atoms with Gasteiger partial charge in [0, 0.05) is 18.9 Å². The first kappa shape index (κ1) is 14.6. The number of rotatable bonds is 6. The number of nitrogens with one attached hydrogen (secondary N) is 1. The number of carbonyl (C=O) groups excluding carboxylic acids is 1. The molecule has 0 aliphatic rings. The van der Waals surface area contributed by atoms with E-state index >= 15 is 0 Å². The zero-order chi connectivity index (χ0) is 13.7. The van der Waals surface area contributed by atoms with Gasteiger partial charge >= 0.3 is 5.97 Å². The molecule has 0 spiro atoms. The third-order valence-corrected chi connectivity index (χ3v) is 3.49. The van der Waals surface area contributed by atoms with Crippen molar-refractivity contribution in [3.05, 3.63) is 23.5 Å². The molecule has 5 nitrogen and oxygen atoms in total. The number of nitrogens with zero attached hydrogens (tertiary/aromatic N) is 1. The Hall–Kier alpha value is -1.43. The zero-order valence-corrected chi connectivity index (χ0v) is 11.6. The molecule has 0 aromatic carbocycles. The van der Waals surface area contributed by atoms with Gasteiger partial charge in [0.05, 0.1) is 5.56 Å². The summed E-state index contributed by atoms with van der Waals surface area (Å²) in [4.78, 5) is 23.0. The third-order valence-electron chi connectivity index (χ3n) is 2.84. The van der Waals surface area contributed by atoms with Crippen LogP contribution in [0.15, 0.2) is 12.3 Å². The lowest BCUT2D eigenvalue weighted by Gasteiger charge is -2.13. The minimum absolute atomic E-state index is 0.332. The van der Waals surface area contributed by atoms with Crippen molar-refractivity contribution in [1.82, 2.24) is 9.88 Å². The van der Waals surface area contributed by atoms with E-state index in [4.69, 9.17) is 5.11 Å². The van der Waals surface area contributed by atoms with Crippen LogP contribution in [0, 0.1) is 6.92 Å². The molecule has 1 rings (SSSR count). The monoisotopic (exact) mass is 270 g/mol. The molecule has 1 aromatic heterocycles. The normalized spacial score (nSPS) is 12.2. The molecule has 0 radical (unpaired) electrons. The summed E-state index contributed by atoms with van der Waals surface area (Å²) in [7, 11) is 1.84. The van der Waals surface area contributed by atoms with E-state index in [2.05, 4.69) is 5.32 Å². The standard InChI is InChI=1S/C12H18N2O3S/c1-8-9(4-6-14(8)2)11(15)13-10(12(16)17)5-7-18-3/h4,6,10H,5,7H2,1-3H3,(H,13,15)(H,16,17). The lowest BCUT2D eigenvalue weighted by molar-refractivity contribution is -0.139. The van der Waals surface area contributed by atoms with Crippen LogP contribution in [0.1, 0.15) is 22.5 Å². The van der Waals surface area contributed by atoms with E-state index in [1.807, 2.05) is 24.8 Å². The van der Waals surface area contributed by atoms with Gasteiger partial charge in [0.15, 0.2) is 0 Å². The fourth-order valence-corrected chi connectivity index (χ4v) is 2.05. The number of aliphatic carboxylic acids is 1. The van der Waals surface area contributed by atoms with E-state index in [0.717, 1.165) is 5.69 Å². The molecular formula is C12H18N2O3S. The van der Waals surface area contributed by atoms with Gasteiger partial charge in [0.2, 0.25) is 0 Å². The van der Waals surface area contributed by atoms with E-state index in [1.165, 1.54) is 0 Å². The van der Waals surface area contributed by atoms with Gasteiger partial charge in [-0.1, -0.05) is 0 Å². The second-order valence-corrected chi connectivity index (χ2v) is 5.06. The quantitative estimate of drug-likeness (QED) is 0.816. The van der Waals surface area contributed by atoms with Crippen molar-refractivity contribution in [3.8, 4) is 0 Å². The molecule has 1 aromatic rings. The molecule has 0 fully saturated rings. The summed E-state index contributed by atoms with van der Waals surface area (Å²) in [5, 5.41) is 11.6. The SMILES string of the molecule is CSCCC(NC(=O)c1ccn(C)c1C)C(=O)O. The summed E-state index contributed by atoms with van der Waals surface area (Å²) in [5.41, 5.74) is 1.34. The third kappa shape index (κ3) is 3.53. The maximum Gasteiger partial charge on any atom is 0.326 e. The van der Waals surface area contributed by atoms with Gasteiger partial charge in [-0.15, -0.1) is 0 Å². The Bertz CT molecular complexity index is 443. The molecule has 0 aliphatic carbocycles. The first-order valence-corrected chi connectivity index (χ1v) is 7.01. The first-order valence-electron chi connectivity index (χ1n) is 5.62. The Morgan fingerprint density at radius 2 is 2.22 bits per heavy atom. The smallest absolute Gasteiger partial charge is 0.326 e. The lowest BCUT2D eigenvalue weighted by atomic mass is 10.2. The van der Waals surface area contributed by atoms with Gasteiger partial charge in [-0.3, -0.25) is 4.79 Å². The Morgan fingerprint density at radius 3 is 2.67 bits per heavy atom. The highest BCUT2D eigenvalue weighted by molar-refractivity contribution is 7.98. The maximum atomic E-state index is 12.0. The average molecular weight is 270 g/mol. The molecule has 0 saturated carbocycles. The topological polar surface area (TPSA) is 71.3 Å². The Kier molecular flexibility index (Phi) is 5.27. The summed E-state index contributed by atoms with van der Waals surface area (Å²) >= 11 is 1.56. The van der Waals surface area contributed by atoms with Crippen molar-refractivity contribution < 1.29 is 14.7 Å². The van der Waals surface area contributed by atoms with E-state index in [0.29, 0.717) is 17.7 Å². The molecule has 6 heteroatoms. The Labute approximate surface area is 111 Å². The first-order chi connectivity index (χ1) is 8.47. The molecule has 18 heavy (non-hydrogen) atoms. The number of amides is 1. The minimum atomic E-state index is -0.994. The summed E-state index contributed by atoms with van der Waals surface area (Å²) in [6.45, 7) is 1.83. The van der Waals surface area contributed by atoms with E-state index in [9.17, 15) is 9.59 Å². The van der Waals surface area contributed by atoms with Crippen molar-refractivity contribution in [2.45, 2.75) is 19.4 Å². The van der Waals surface area contributed by atoms with Crippen LogP contribution < -0.4 is 5.32 Å². The number of hydrogen-bond donors (Lipinski definition) is 2. The highest BCUT2D eigenvalue weighted by Crippen LogP contribution is 2.09. The van der Waals surface area contributed by atoms with E-state index < -0.39 is 12.0 Å². The van der Waals surface area contributed by atoms with E-state index in [1.54, 1.807) is 24.0 Å². The zero-order valence-electron chi connectivity index (χ0n) is 10.8. The number of thioether (sulfide) groups is 1. The van der Waals surface area contributed by atoms with Crippen LogP contribution in [0.2, 0.25) is 0 Å². The lowest BCUT2D eigenvalue weighted by Crippen LogP contribution is -2.41. The molecule has 0 bridgehead atoms. The molecule has 0 aliphatic heterocycles. The Balaban J connectivity index is 2.72. The van der Waals surface area contributed by atoms with Crippen molar-refractivity contribution in [2.24, 2.45) is 7.05 Å². The van der Waals surface area contributed by atoms with Crippen molar-refractivity contribution in [1.29, 1.82) is 0 Å². The second-order valence-electron chi connectivity index (χ2n) is 4.07. The summed E-state index contributed by atoms with van der Waals surface area (Å²) < 4.78 is 1.83. The number of carboxylic acids is 1. The van der Waals surface area contributed by atoms with Gasteiger partial charge in [-0.25, -0.2) is 4.79 Å². The van der Waals surface area contributed by atoms with Crippen LogP contribution in [0.3, 0.4) is 0 Å². The predicted molar refractivity (Wildman–Crippen MR) is 72.0 cm³/mol. The van der Waals surface area contributed by atoms with Crippen LogP contribution in [-0.4, -0.2) is 39.6 Å². The predicted octanol–water partition coefficient (Wildman–Crippen LogP) is 1.27. The molecule has 0 saturated heterocycles. The van der Waals surface area contributed by atoms with Crippen LogP contribution in [0.25, 0.3) is 0 Å². The molecule has 1 atom stereocenters. The maximum absolute atomic E-state index is 12.0. The highest BCUT2D eigenvalue weighted by Gasteiger charge is 2.21. The van der Waals surface area contributed by atoms with Gasteiger partial charge in [0.1, 0.15) is 6.04 Å². The molecular weight excluding hydrogens is 252 g/mol. The number of carbonyl (C=O) groups is 2. The van der Waals surface area contributed by atoms with Crippen LogP contribution in [-0.2, 0) is 11.8 Å². The number of aromatic nitrogens is 1. The van der Waals surface area contributed by atoms with Gasteiger partial charge in [-0.2, -0.15) is 11.8 Å². The van der Waals surface area contributed by atoms with Gasteiger partial charge in [-0.05, 0) is 31.4 Å². The largest absolute Gasteiger partial charge is 0.480 e. The summed E-state index contributed by atoms with van der Waals surface area (Å²) in [5.74, 6) is -0.627. The number of carboxylic acid groups (broad SMARTS) is 1. The van der Waals surface area contributed by atoms with Gasteiger partial charge < -0.3 is 15.0 Å². The van der Waals surface area contributed by atoms with Crippen LogP contribution in [0.5, 0.6) is 0 Å². The fraction of sp³-hybridized carbons (Fsp3) is 0.500. The van der Waals surface area contributed by atoms with Crippen molar-refractivity contribution >= 4 is 23.6 Å². The van der Waals surface area contributed by atoms with Gasteiger partial charge in [0.25, 0.3) is 5.91 Å². The molecule has 2 N–H and O–H groups in total. The van der Waals surface area contributed by atoms with Crippen LogP contribution >= 0.6 is 11.8 Å². The number of hydrogen-bond acceptors (Lipinski definition) is 3.